The van der Waals surface area contributed by atoms with Gasteiger partial charge in [0.1, 0.15) is 0 Å². The Kier molecular flexibility index (Phi) is 6.85. The Morgan fingerprint density at radius 3 is 2.24 bits per heavy atom. The van der Waals surface area contributed by atoms with Gasteiger partial charge in [0.25, 0.3) is 0 Å². The van der Waals surface area contributed by atoms with Gasteiger partial charge < -0.3 is 11.1 Å². The molecule has 17 heavy (non-hydrogen) atoms. The van der Waals surface area contributed by atoms with E-state index in [9.17, 15) is 9.00 Å². The Morgan fingerprint density at radius 2 is 1.94 bits per heavy atom. The first-order chi connectivity index (χ1) is 7.81. The summed E-state index contributed by atoms with van der Waals surface area (Å²) in [5, 5.41) is 2.72. The second-order valence-electron chi connectivity index (χ2n) is 4.17. The third kappa shape index (κ3) is 4.03. The van der Waals surface area contributed by atoms with Crippen LogP contribution in [0.2, 0.25) is 0 Å². The highest BCUT2D eigenvalue weighted by Crippen LogP contribution is 2.27. The van der Waals surface area contributed by atoms with E-state index in [0.717, 1.165) is 0 Å². The van der Waals surface area contributed by atoms with Crippen molar-refractivity contribution in [1.29, 1.82) is 0 Å². The van der Waals surface area contributed by atoms with Crippen molar-refractivity contribution in [3.8, 4) is 0 Å². The SMILES string of the molecule is CCC(CC)(C(=O)NCC(C)S(C)=O)C(N)=S. The highest BCUT2D eigenvalue weighted by atomic mass is 32.2. The molecule has 0 fully saturated rings. The lowest BCUT2D eigenvalue weighted by atomic mass is 9.81. The molecule has 0 heterocycles. The summed E-state index contributed by atoms with van der Waals surface area (Å²) >= 11 is 4.99. The molecule has 0 bridgehead atoms. The van der Waals surface area contributed by atoms with Crippen LogP contribution in [0.5, 0.6) is 0 Å². The molecule has 0 radical (unpaired) electrons. The van der Waals surface area contributed by atoms with Crippen LogP contribution in [0.3, 0.4) is 0 Å². The van der Waals surface area contributed by atoms with Crippen LogP contribution >= 0.6 is 12.2 Å². The molecule has 0 rings (SSSR count). The molecule has 4 nitrogen and oxygen atoms in total. The minimum Gasteiger partial charge on any atom is -0.392 e. The largest absolute Gasteiger partial charge is 0.392 e. The molecule has 6 heteroatoms. The average molecular weight is 278 g/mol. The van der Waals surface area contributed by atoms with E-state index in [0.29, 0.717) is 19.4 Å². The maximum absolute atomic E-state index is 12.1. The average Bonchev–Trinajstić information content (AvgIpc) is 2.27. The van der Waals surface area contributed by atoms with E-state index in [-0.39, 0.29) is 16.1 Å². The summed E-state index contributed by atoms with van der Waals surface area (Å²) < 4.78 is 11.2. The number of nitrogens with one attached hydrogen (secondary N) is 1. The molecule has 0 spiro atoms. The number of hydrogen-bond donors (Lipinski definition) is 2. The van der Waals surface area contributed by atoms with Crippen molar-refractivity contribution in [2.24, 2.45) is 11.1 Å². The van der Waals surface area contributed by atoms with Gasteiger partial charge in [-0.1, -0.05) is 26.1 Å². The van der Waals surface area contributed by atoms with E-state index >= 15 is 0 Å². The van der Waals surface area contributed by atoms with Crippen LogP contribution in [0.1, 0.15) is 33.6 Å². The van der Waals surface area contributed by atoms with Crippen molar-refractivity contribution in [2.45, 2.75) is 38.9 Å². The molecule has 100 valence electrons. The van der Waals surface area contributed by atoms with Gasteiger partial charge >= 0.3 is 0 Å². The Bertz CT molecular complexity index is 315. The molecule has 2 unspecified atom stereocenters. The fourth-order valence-corrected chi connectivity index (χ4v) is 2.25. The van der Waals surface area contributed by atoms with Gasteiger partial charge in [0.15, 0.2) is 0 Å². The first kappa shape index (κ1) is 16.5. The zero-order valence-corrected chi connectivity index (χ0v) is 12.5. The van der Waals surface area contributed by atoms with Gasteiger partial charge in [-0.15, -0.1) is 0 Å². The number of carbonyl (C=O) groups excluding carboxylic acids is 1. The summed E-state index contributed by atoms with van der Waals surface area (Å²) in [7, 11) is -0.947. The highest BCUT2D eigenvalue weighted by molar-refractivity contribution is 7.84. The minimum atomic E-state index is -0.947. The lowest BCUT2D eigenvalue weighted by Crippen LogP contribution is -2.49. The van der Waals surface area contributed by atoms with Crippen LogP contribution in [-0.2, 0) is 15.6 Å². The third-order valence-corrected chi connectivity index (χ3v) is 4.92. The molecule has 0 saturated carbocycles. The van der Waals surface area contributed by atoms with E-state index in [1.807, 2.05) is 20.8 Å². The second-order valence-corrected chi connectivity index (χ2v) is 6.41. The van der Waals surface area contributed by atoms with Gasteiger partial charge in [-0.05, 0) is 19.8 Å². The first-order valence-corrected chi connectivity index (χ1v) is 7.75. The van der Waals surface area contributed by atoms with Crippen molar-refractivity contribution in [2.75, 3.05) is 12.8 Å². The van der Waals surface area contributed by atoms with Crippen LogP contribution in [-0.4, -0.2) is 33.2 Å². The molecule has 0 aliphatic heterocycles. The summed E-state index contributed by atoms with van der Waals surface area (Å²) in [5.74, 6) is -0.160. The number of nitrogens with two attached hydrogens (primary N) is 1. The van der Waals surface area contributed by atoms with E-state index < -0.39 is 16.2 Å². The van der Waals surface area contributed by atoms with Crippen molar-refractivity contribution >= 4 is 33.9 Å². The van der Waals surface area contributed by atoms with Crippen molar-refractivity contribution < 1.29 is 9.00 Å². The Labute approximate surface area is 111 Å². The molecule has 0 aromatic heterocycles. The van der Waals surface area contributed by atoms with Gasteiger partial charge in [0.2, 0.25) is 5.91 Å². The lowest BCUT2D eigenvalue weighted by molar-refractivity contribution is -0.127. The van der Waals surface area contributed by atoms with Crippen molar-refractivity contribution in [3.05, 3.63) is 0 Å². The van der Waals surface area contributed by atoms with E-state index in [1.165, 1.54) is 0 Å². The molecular formula is C11H22N2O2S2. The summed E-state index contributed by atoms with van der Waals surface area (Å²) in [5.41, 5.74) is 4.90. The van der Waals surface area contributed by atoms with Gasteiger partial charge in [-0.25, -0.2) is 0 Å². The fourth-order valence-electron chi connectivity index (χ4n) is 1.55. The van der Waals surface area contributed by atoms with Crippen LogP contribution in [0.15, 0.2) is 0 Å². The molecule has 0 aliphatic rings. The summed E-state index contributed by atoms with van der Waals surface area (Å²) in [4.78, 5) is 12.3. The molecular weight excluding hydrogens is 256 g/mol. The van der Waals surface area contributed by atoms with Gasteiger partial charge in [0, 0.05) is 28.9 Å². The molecule has 1 amide bonds. The van der Waals surface area contributed by atoms with Gasteiger partial charge in [0.05, 0.1) is 10.4 Å². The molecule has 2 atom stereocenters. The zero-order chi connectivity index (χ0) is 13.6. The smallest absolute Gasteiger partial charge is 0.233 e. The van der Waals surface area contributed by atoms with Crippen molar-refractivity contribution in [1.82, 2.24) is 5.32 Å². The van der Waals surface area contributed by atoms with Gasteiger partial charge in [-0.3, -0.25) is 9.00 Å². The topological polar surface area (TPSA) is 72.2 Å². The standard InChI is InChI=1S/C11H22N2O2S2/c1-5-11(6-2,9(12)16)10(14)13-7-8(3)17(4)15/h8H,5-7H2,1-4H3,(H2,12,16)(H,13,14). The molecule has 0 aromatic carbocycles. The van der Waals surface area contributed by atoms with E-state index in [1.54, 1.807) is 6.26 Å². The highest BCUT2D eigenvalue weighted by Gasteiger charge is 2.37. The van der Waals surface area contributed by atoms with Crippen LogP contribution in [0.25, 0.3) is 0 Å². The Hall–Kier alpha value is -0.490. The summed E-state index contributed by atoms with van der Waals surface area (Å²) in [6.07, 6.45) is 2.78. The number of rotatable bonds is 7. The van der Waals surface area contributed by atoms with Gasteiger partial charge in [-0.2, -0.15) is 0 Å². The summed E-state index contributed by atoms with van der Waals surface area (Å²) in [6.45, 7) is 6.00. The summed E-state index contributed by atoms with van der Waals surface area (Å²) in [6, 6.07) is 0. The molecule has 0 saturated heterocycles. The number of hydrogen-bond acceptors (Lipinski definition) is 3. The predicted molar refractivity (Wildman–Crippen MR) is 76.3 cm³/mol. The maximum atomic E-state index is 12.1. The van der Waals surface area contributed by atoms with E-state index in [2.05, 4.69) is 5.32 Å². The van der Waals surface area contributed by atoms with E-state index in [4.69, 9.17) is 18.0 Å². The Balaban J connectivity index is 4.66. The lowest BCUT2D eigenvalue weighted by Gasteiger charge is -2.29. The predicted octanol–water partition coefficient (Wildman–Crippen LogP) is 0.962. The molecule has 0 aromatic rings. The van der Waals surface area contributed by atoms with Crippen LogP contribution in [0.4, 0.5) is 0 Å². The third-order valence-electron chi connectivity index (χ3n) is 3.23. The second kappa shape index (κ2) is 7.06. The quantitative estimate of drug-likeness (QED) is 0.681. The van der Waals surface area contributed by atoms with Crippen LogP contribution < -0.4 is 11.1 Å². The number of carbonyl (C=O) groups is 1. The number of amides is 1. The monoisotopic (exact) mass is 278 g/mol. The fraction of sp³-hybridized carbons (Fsp3) is 0.818. The first-order valence-electron chi connectivity index (χ1n) is 5.72. The normalized spacial score (nSPS) is 15.1. The molecule has 0 aliphatic carbocycles. The zero-order valence-electron chi connectivity index (χ0n) is 10.9. The number of thiocarbonyl (C=S) groups is 1. The molecule has 3 N–H and O–H groups in total. The Morgan fingerprint density at radius 1 is 1.47 bits per heavy atom. The van der Waals surface area contributed by atoms with Crippen molar-refractivity contribution in [3.63, 3.8) is 0 Å². The maximum Gasteiger partial charge on any atom is 0.233 e. The minimum absolute atomic E-state index is 0.0725. The van der Waals surface area contributed by atoms with Crippen LogP contribution in [0, 0.1) is 5.41 Å².